The van der Waals surface area contributed by atoms with E-state index in [0.717, 1.165) is 35.8 Å². The molecule has 1 aliphatic carbocycles. The number of hydrogen-bond acceptors (Lipinski definition) is 7. The predicted molar refractivity (Wildman–Crippen MR) is 81.0 cm³/mol. The van der Waals surface area contributed by atoms with Crippen molar-refractivity contribution in [1.82, 2.24) is 15.5 Å². The SMILES string of the molecule is CCOC(=O)C1(NC)CCCC1CCSc1nncs1. The number of likely N-dealkylation sites (N-methyl/N-ethyl adjacent to an activating group) is 1. The van der Waals surface area contributed by atoms with E-state index in [1.54, 1.807) is 28.6 Å². The van der Waals surface area contributed by atoms with Crippen molar-refractivity contribution < 1.29 is 9.53 Å². The highest BCUT2D eigenvalue weighted by Gasteiger charge is 2.48. The zero-order valence-corrected chi connectivity index (χ0v) is 13.6. The molecule has 0 spiro atoms. The van der Waals surface area contributed by atoms with Crippen molar-refractivity contribution >= 4 is 29.1 Å². The molecule has 112 valence electrons. The minimum Gasteiger partial charge on any atom is -0.465 e. The van der Waals surface area contributed by atoms with E-state index < -0.39 is 5.54 Å². The average Bonchev–Trinajstić information content (AvgIpc) is 3.09. The zero-order chi connectivity index (χ0) is 14.4. The molecule has 0 saturated heterocycles. The Morgan fingerprint density at radius 3 is 3.20 bits per heavy atom. The van der Waals surface area contributed by atoms with Gasteiger partial charge in [-0.15, -0.1) is 10.2 Å². The first-order chi connectivity index (χ1) is 9.73. The molecule has 0 bridgehead atoms. The van der Waals surface area contributed by atoms with Crippen molar-refractivity contribution in [1.29, 1.82) is 0 Å². The smallest absolute Gasteiger partial charge is 0.326 e. The summed E-state index contributed by atoms with van der Waals surface area (Å²) in [6.07, 6.45) is 4.02. The summed E-state index contributed by atoms with van der Waals surface area (Å²) < 4.78 is 6.27. The normalized spacial score (nSPS) is 25.8. The number of nitrogens with zero attached hydrogens (tertiary/aromatic N) is 2. The number of carbonyl (C=O) groups excluding carboxylic acids is 1. The van der Waals surface area contributed by atoms with Crippen molar-refractivity contribution in [2.75, 3.05) is 19.4 Å². The van der Waals surface area contributed by atoms with E-state index in [0.29, 0.717) is 12.5 Å². The molecule has 1 aromatic heterocycles. The van der Waals surface area contributed by atoms with Gasteiger partial charge < -0.3 is 10.1 Å². The first-order valence-corrected chi connectivity index (χ1v) is 8.84. The van der Waals surface area contributed by atoms with Crippen molar-refractivity contribution in [3.63, 3.8) is 0 Å². The van der Waals surface area contributed by atoms with Crippen LogP contribution in [0.15, 0.2) is 9.85 Å². The third-order valence-corrected chi connectivity index (χ3v) is 5.83. The molecule has 1 aromatic rings. The number of esters is 1. The quantitative estimate of drug-likeness (QED) is 0.615. The van der Waals surface area contributed by atoms with Gasteiger partial charge in [0.2, 0.25) is 0 Å². The molecule has 5 nitrogen and oxygen atoms in total. The molecule has 20 heavy (non-hydrogen) atoms. The Balaban J connectivity index is 1.92. The molecule has 0 amide bonds. The van der Waals surface area contributed by atoms with Gasteiger partial charge in [0.25, 0.3) is 0 Å². The maximum absolute atomic E-state index is 12.3. The van der Waals surface area contributed by atoms with E-state index in [1.165, 1.54) is 0 Å². The summed E-state index contributed by atoms with van der Waals surface area (Å²) in [5.41, 5.74) is 1.26. The lowest BCUT2D eigenvalue weighted by Gasteiger charge is -2.32. The number of ether oxygens (including phenoxy) is 1. The summed E-state index contributed by atoms with van der Waals surface area (Å²) in [5, 5.41) is 11.1. The molecule has 1 saturated carbocycles. The van der Waals surface area contributed by atoms with Gasteiger partial charge in [-0.05, 0) is 39.2 Å². The predicted octanol–water partition coefficient (Wildman–Crippen LogP) is 2.34. The number of hydrogen-bond donors (Lipinski definition) is 1. The summed E-state index contributed by atoms with van der Waals surface area (Å²) in [6.45, 7) is 2.30. The fourth-order valence-corrected chi connectivity index (χ4v) is 4.55. The highest BCUT2D eigenvalue weighted by atomic mass is 32.2. The minimum atomic E-state index is -0.488. The molecular weight excluding hydrogens is 294 g/mol. The van der Waals surface area contributed by atoms with Gasteiger partial charge in [0.05, 0.1) is 6.61 Å². The molecular formula is C13H21N3O2S2. The van der Waals surface area contributed by atoms with Crippen LogP contribution in [0.25, 0.3) is 0 Å². The summed E-state index contributed by atoms with van der Waals surface area (Å²) >= 11 is 3.27. The van der Waals surface area contributed by atoms with Crippen LogP contribution in [0.5, 0.6) is 0 Å². The molecule has 0 radical (unpaired) electrons. The molecule has 0 aliphatic heterocycles. The second-order valence-electron chi connectivity index (χ2n) is 4.87. The lowest BCUT2D eigenvalue weighted by atomic mass is 9.85. The van der Waals surface area contributed by atoms with Crippen LogP contribution in [-0.2, 0) is 9.53 Å². The first-order valence-electron chi connectivity index (χ1n) is 6.98. The van der Waals surface area contributed by atoms with E-state index in [1.807, 2.05) is 14.0 Å². The van der Waals surface area contributed by atoms with Crippen molar-refractivity contribution in [2.45, 2.75) is 42.5 Å². The van der Waals surface area contributed by atoms with Crippen molar-refractivity contribution in [3.8, 4) is 0 Å². The molecule has 7 heteroatoms. The lowest BCUT2D eigenvalue weighted by molar-refractivity contribution is -0.152. The Bertz CT molecular complexity index is 427. The van der Waals surface area contributed by atoms with Crippen LogP contribution in [-0.4, -0.2) is 41.1 Å². The number of rotatable bonds is 7. The number of thioether (sulfide) groups is 1. The van der Waals surface area contributed by atoms with Gasteiger partial charge in [-0.1, -0.05) is 29.5 Å². The highest BCUT2D eigenvalue weighted by Crippen LogP contribution is 2.40. The summed E-state index contributed by atoms with van der Waals surface area (Å²) in [4.78, 5) is 12.3. The van der Waals surface area contributed by atoms with Gasteiger partial charge >= 0.3 is 5.97 Å². The molecule has 0 aromatic carbocycles. The Hall–Kier alpha value is -0.660. The van der Waals surface area contributed by atoms with Gasteiger partial charge in [0.1, 0.15) is 11.0 Å². The van der Waals surface area contributed by atoms with Crippen LogP contribution in [0.4, 0.5) is 0 Å². The van der Waals surface area contributed by atoms with Crippen LogP contribution in [0, 0.1) is 5.92 Å². The van der Waals surface area contributed by atoms with Crippen LogP contribution < -0.4 is 5.32 Å². The Labute approximate surface area is 127 Å². The van der Waals surface area contributed by atoms with Gasteiger partial charge in [-0.25, -0.2) is 0 Å². The Morgan fingerprint density at radius 1 is 1.70 bits per heavy atom. The summed E-state index contributed by atoms with van der Waals surface area (Å²) in [5.74, 6) is 1.21. The van der Waals surface area contributed by atoms with E-state index in [2.05, 4.69) is 15.5 Å². The summed E-state index contributed by atoms with van der Waals surface area (Å²) in [7, 11) is 1.87. The molecule has 2 rings (SSSR count). The van der Waals surface area contributed by atoms with Crippen LogP contribution >= 0.6 is 23.1 Å². The summed E-state index contributed by atoms with van der Waals surface area (Å²) in [6, 6.07) is 0. The van der Waals surface area contributed by atoms with Gasteiger partial charge in [0, 0.05) is 5.75 Å². The van der Waals surface area contributed by atoms with Gasteiger partial charge in [-0.2, -0.15) is 0 Å². The van der Waals surface area contributed by atoms with Crippen molar-refractivity contribution in [3.05, 3.63) is 5.51 Å². The van der Waals surface area contributed by atoms with Crippen molar-refractivity contribution in [2.24, 2.45) is 5.92 Å². The highest BCUT2D eigenvalue weighted by molar-refractivity contribution is 8.00. The standard InChI is InChI=1S/C13H21N3O2S2/c1-3-18-11(17)13(14-2)7-4-5-10(13)6-8-19-12-16-15-9-20-12/h9-10,14H,3-8H2,1-2H3. The van der Waals surface area contributed by atoms with E-state index in [4.69, 9.17) is 4.74 Å². The number of aromatic nitrogens is 2. The zero-order valence-electron chi connectivity index (χ0n) is 11.9. The first kappa shape index (κ1) is 15.7. The number of carbonyl (C=O) groups is 1. The topological polar surface area (TPSA) is 64.1 Å². The van der Waals surface area contributed by atoms with E-state index in [9.17, 15) is 4.79 Å². The van der Waals surface area contributed by atoms with E-state index >= 15 is 0 Å². The fraction of sp³-hybridized carbons (Fsp3) is 0.769. The van der Waals surface area contributed by atoms with Gasteiger partial charge in [-0.3, -0.25) is 4.79 Å². The monoisotopic (exact) mass is 315 g/mol. The minimum absolute atomic E-state index is 0.0917. The fourth-order valence-electron chi connectivity index (χ4n) is 2.94. The third kappa shape index (κ3) is 3.32. The maximum atomic E-state index is 12.3. The molecule has 2 atom stereocenters. The van der Waals surface area contributed by atoms with Gasteiger partial charge in [0.15, 0.2) is 4.34 Å². The molecule has 1 N–H and O–H groups in total. The van der Waals surface area contributed by atoms with Crippen LogP contribution in [0.3, 0.4) is 0 Å². The van der Waals surface area contributed by atoms with Crippen LogP contribution in [0.1, 0.15) is 32.6 Å². The largest absolute Gasteiger partial charge is 0.465 e. The second-order valence-corrected chi connectivity index (χ2v) is 7.05. The Morgan fingerprint density at radius 2 is 2.55 bits per heavy atom. The second kappa shape index (κ2) is 7.38. The van der Waals surface area contributed by atoms with Crippen LogP contribution in [0.2, 0.25) is 0 Å². The number of nitrogens with one attached hydrogen (secondary N) is 1. The third-order valence-electron chi connectivity index (χ3n) is 3.94. The average molecular weight is 315 g/mol. The lowest BCUT2D eigenvalue weighted by Crippen LogP contribution is -2.54. The molecule has 1 heterocycles. The molecule has 1 fully saturated rings. The Kier molecular flexibility index (Phi) is 5.80. The molecule has 1 aliphatic rings. The molecule has 2 unspecified atom stereocenters. The van der Waals surface area contributed by atoms with E-state index in [-0.39, 0.29) is 5.97 Å². The maximum Gasteiger partial charge on any atom is 0.326 e.